The first-order valence-electron chi connectivity index (χ1n) is 16.4. The molecule has 21 heteroatoms. The number of carbonyl (C=O) groups is 7. The quantitative estimate of drug-likeness (QED) is 0.0566. The van der Waals surface area contributed by atoms with Crippen LogP contribution in [0, 0.1) is 0 Å². The van der Waals surface area contributed by atoms with Crippen LogP contribution in [0.1, 0.15) is 39.2 Å². The number of hydrogen-bond donors (Lipinski definition) is 10. The van der Waals surface area contributed by atoms with Crippen molar-refractivity contribution in [3.8, 4) is 0 Å². The van der Waals surface area contributed by atoms with Gasteiger partial charge in [-0.2, -0.15) is 11.8 Å². The second-order valence-electron chi connectivity index (χ2n) is 12.1. The molecule has 1 aliphatic rings. The molecular weight excluding hydrogens is 726 g/mol. The van der Waals surface area contributed by atoms with Crippen molar-refractivity contribution < 1.29 is 73.3 Å². The average molecular weight is 774 g/mol. The summed E-state index contributed by atoms with van der Waals surface area (Å²) in [5.41, 5.74) is 6.14. The van der Waals surface area contributed by atoms with Gasteiger partial charge in [-0.3, -0.25) is 24.0 Å². The fourth-order valence-electron chi connectivity index (χ4n) is 4.86. The number of carboxylic acid groups (broad SMARTS) is 3. The molecule has 0 radical (unpaired) electrons. The number of amides is 4. The second kappa shape index (κ2) is 22.0. The van der Waals surface area contributed by atoms with E-state index in [1.54, 1.807) is 30.3 Å². The maximum absolute atomic E-state index is 13.1. The first kappa shape index (κ1) is 44.8. The largest absolute Gasteiger partial charge is 0.480 e. The van der Waals surface area contributed by atoms with Crippen LogP contribution in [0.4, 0.5) is 0 Å². The third kappa shape index (κ3) is 14.9. The van der Waals surface area contributed by atoms with Gasteiger partial charge in [-0.25, -0.2) is 9.59 Å². The van der Waals surface area contributed by atoms with Crippen LogP contribution in [0.5, 0.6) is 0 Å². The molecule has 1 aliphatic heterocycles. The molecule has 0 aromatic heterocycles. The van der Waals surface area contributed by atoms with Crippen LogP contribution in [-0.4, -0.2) is 146 Å². The molecule has 10 atom stereocenters. The van der Waals surface area contributed by atoms with Gasteiger partial charge in [-0.15, -0.1) is 0 Å². The predicted molar refractivity (Wildman–Crippen MR) is 184 cm³/mol. The number of carboxylic acids is 3. The highest BCUT2D eigenvalue weighted by Gasteiger charge is 2.48. The Morgan fingerprint density at radius 2 is 1.55 bits per heavy atom. The summed E-state index contributed by atoms with van der Waals surface area (Å²) in [4.78, 5) is 84.7. The molecule has 1 saturated heterocycles. The van der Waals surface area contributed by atoms with Crippen molar-refractivity contribution in [2.24, 2.45) is 5.73 Å². The third-order valence-corrected chi connectivity index (χ3v) is 8.93. The van der Waals surface area contributed by atoms with Crippen LogP contribution in [0.25, 0.3) is 0 Å². The lowest BCUT2D eigenvalue weighted by molar-refractivity contribution is -0.283. The van der Waals surface area contributed by atoms with Gasteiger partial charge in [0.05, 0.1) is 13.2 Å². The molecule has 11 N–H and O–H groups in total. The van der Waals surface area contributed by atoms with Gasteiger partial charge in [0.15, 0.2) is 6.29 Å². The molecule has 0 saturated carbocycles. The Bertz CT molecular complexity index is 1420. The van der Waals surface area contributed by atoms with E-state index in [4.69, 9.17) is 25.1 Å². The van der Waals surface area contributed by atoms with Crippen molar-refractivity contribution in [3.63, 3.8) is 0 Å². The number of aliphatic hydroxyl groups is 2. The molecule has 1 heterocycles. The van der Waals surface area contributed by atoms with Crippen molar-refractivity contribution in [1.29, 1.82) is 0 Å². The smallest absolute Gasteiger partial charge is 0.327 e. The lowest BCUT2D eigenvalue weighted by atomic mass is 9.96. The van der Waals surface area contributed by atoms with Crippen molar-refractivity contribution in [3.05, 3.63) is 35.9 Å². The van der Waals surface area contributed by atoms with E-state index < -0.39 is 122 Å². The molecular formula is C32H47N5O15S. The fourth-order valence-corrected chi connectivity index (χ4v) is 5.86. The minimum absolute atomic E-state index is 0.0288. The van der Waals surface area contributed by atoms with Crippen LogP contribution in [0.3, 0.4) is 0 Å². The molecule has 1 aromatic carbocycles. The molecule has 53 heavy (non-hydrogen) atoms. The summed E-state index contributed by atoms with van der Waals surface area (Å²) < 4.78 is 17.4. The number of aliphatic carboxylic acids is 3. The monoisotopic (exact) mass is 773 g/mol. The van der Waals surface area contributed by atoms with Gasteiger partial charge in [0.2, 0.25) is 23.6 Å². The minimum Gasteiger partial charge on any atom is -0.480 e. The molecule has 0 bridgehead atoms. The lowest BCUT2D eigenvalue weighted by Gasteiger charge is -2.44. The van der Waals surface area contributed by atoms with E-state index in [2.05, 4.69) is 21.3 Å². The molecule has 4 amide bonds. The van der Waals surface area contributed by atoms with E-state index in [0.717, 1.165) is 17.3 Å². The summed E-state index contributed by atoms with van der Waals surface area (Å²) in [6.45, 7) is 3.12. The van der Waals surface area contributed by atoms with E-state index >= 15 is 0 Å². The summed E-state index contributed by atoms with van der Waals surface area (Å²) >= 11 is 0.884. The Hall–Kier alpha value is -4.38. The highest BCUT2D eigenvalue weighted by atomic mass is 32.2. The SMILES string of the molecule is CC(=O)NC1C(O[C@H](C)C(=O)N[C@@H](C)C(=O)N[C@H](CCC(=O)N[C@H](CSC[C@H](N)C(=O)O)C(=O)O)C(=O)O)[C@H](O)C(CO)O[C@@H]1OCc1ccccc1. The molecule has 1 fully saturated rings. The number of nitrogens with one attached hydrogen (secondary N) is 4. The summed E-state index contributed by atoms with van der Waals surface area (Å²) in [7, 11) is 0. The normalized spacial score (nSPS) is 22.6. The Kier molecular flexibility index (Phi) is 18.6. The van der Waals surface area contributed by atoms with Gasteiger partial charge < -0.3 is 66.7 Å². The number of hydrogen-bond acceptors (Lipinski definition) is 14. The van der Waals surface area contributed by atoms with Gasteiger partial charge in [-0.1, -0.05) is 30.3 Å². The summed E-state index contributed by atoms with van der Waals surface area (Å²) in [5, 5.41) is 58.0. The number of carbonyl (C=O) groups excluding carboxylic acids is 4. The summed E-state index contributed by atoms with van der Waals surface area (Å²) in [6, 6.07) is 2.16. The maximum Gasteiger partial charge on any atom is 0.327 e. The third-order valence-electron chi connectivity index (χ3n) is 7.77. The standard InChI is InChI=1S/C32H47N5O15S/c1-15(27(42)37-20(30(46)47)9-10-23(40)36-21(31(48)49)14-53-13-19(33)29(44)45)34-28(43)16(2)51-26-24(35-17(3)39)32(52-22(11-38)25(26)41)50-12-18-7-5-4-6-8-18/h4-8,15-16,19-22,24-26,32,38,41H,9-14,33H2,1-3H3,(H,34,43)(H,35,39)(H,36,40)(H,37,42)(H,44,45)(H,46,47)(H,48,49)/t15-,16+,19-,20+,21+,22?,24?,25+,26?,32-/m0/s1. The van der Waals surface area contributed by atoms with Crippen LogP contribution in [-0.2, 0) is 54.4 Å². The Labute approximate surface area is 308 Å². The summed E-state index contributed by atoms with van der Waals surface area (Å²) in [6.07, 6.45) is -7.69. The van der Waals surface area contributed by atoms with E-state index in [-0.39, 0.29) is 18.1 Å². The van der Waals surface area contributed by atoms with Gasteiger partial charge in [0.1, 0.15) is 54.6 Å². The molecule has 20 nitrogen and oxygen atoms in total. The number of ether oxygens (including phenoxy) is 3. The van der Waals surface area contributed by atoms with Crippen molar-refractivity contribution in [2.75, 3.05) is 18.1 Å². The van der Waals surface area contributed by atoms with Gasteiger partial charge in [-0.05, 0) is 25.8 Å². The second-order valence-corrected chi connectivity index (χ2v) is 13.2. The van der Waals surface area contributed by atoms with Gasteiger partial charge >= 0.3 is 17.9 Å². The maximum atomic E-state index is 13.1. The Morgan fingerprint density at radius 3 is 2.11 bits per heavy atom. The van der Waals surface area contributed by atoms with Crippen molar-refractivity contribution in [2.45, 2.75) is 101 Å². The molecule has 1 aromatic rings. The molecule has 2 rings (SSSR count). The highest BCUT2D eigenvalue weighted by Crippen LogP contribution is 2.26. The minimum atomic E-state index is -1.62. The molecule has 296 valence electrons. The van der Waals surface area contributed by atoms with E-state index in [1.807, 2.05) is 0 Å². The Morgan fingerprint density at radius 1 is 0.906 bits per heavy atom. The predicted octanol–water partition coefficient (Wildman–Crippen LogP) is -2.87. The summed E-state index contributed by atoms with van der Waals surface area (Å²) in [5.74, 6) is -7.77. The number of nitrogens with two attached hydrogens (primary N) is 1. The zero-order valence-corrected chi connectivity index (χ0v) is 30.0. The Balaban J connectivity index is 2.00. The molecule has 0 spiro atoms. The first-order valence-corrected chi connectivity index (χ1v) is 17.5. The first-order chi connectivity index (χ1) is 24.9. The van der Waals surface area contributed by atoms with Gasteiger partial charge in [0.25, 0.3) is 0 Å². The van der Waals surface area contributed by atoms with Crippen molar-refractivity contribution >= 4 is 53.3 Å². The van der Waals surface area contributed by atoms with E-state index in [0.29, 0.717) is 0 Å². The van der Waals surface area contributed by atoms with Crippen LogP contribution in [0.2, 0.25) is 0 Å². The average Bonchev–Trinajstić information content (AvgIpc) is 3.10. The molecule has 0 aliphatic carbocycles. The number of benzene rings is 1. The lowest BCUT2D eigenvalue weighted by Crippen LogP contribution is -2.66. The molecule has 3 unspecified atom stereocenters. The van der Waals surface area contributed by atoms with Gasteiger partial charge in [0, 0.05) is 24.9 Å². The zero-order chi connectivity index (χ0) is 39.8. The number of rotatable bonds is 22. The highest BCUT2D eigenvalue weighted by molar-refractivity contribution is 7.99. The number of aliphatic hydroxyl groups excluding tert-OH is 2. The zero-order valence-electron chi connectivity index (χ0n) is 29.2. The topological polar surface area (TPSA) is 322 Å². The van der Waals surface area contributed by atoms with Crippen LogP contribution >= 0.6 is 11.8 Å². The van der Waals surface area contributed by atoms with Crippen LogP contribution in [0.15, 0.2) is 30.3 Å². The van der Waals surface area contributed by atoms with E-state index in [9.17, 15) is 54.0 Å². The van der Waals surface area contributed by atoms with Crippen molar-refractivity contribution in [1.82, 2.24) is 21.3 Å². The van der Waals surface area contributed by atoms with Crippen LogP contribution < -0.4 is 27.0 Å². The number of thioether (sulfide) groups is 1. The van der Waals surface area contributed by atoms with E-state index in [1.165, 1.54) is 20.8 Å². The fraction of sp³-hybridized carbons (Fsp3) is 0.594.